The average molecular weight is 294 g/mol. The van der Waals surface area contributed by atoms with E-state index in [1.165, 1.54) is 12.5 Å². The Morgan fingerprint density at radius 2 is 2.00 bits per heavy atom. The summed E-state index contributed by atoms with van der Waals surface area (Å²) in [6.45, 7) is 3.22. The lowest BCUT2D eigenvalue weighted by Gasteiger charge is -2.22. The van der Waals surface area contributed by atoms with Gasteiger partial charge in [0, 0.05) is 33.1 Å². The smallest absolute Gasteiger partial charge is 0.216 e. The third kappa shape index (κ3) is 6.71. The maximum atomic E-state index is 9.70. The van der Waals surface area contributed by atoms with E-state index in [0.29, 0.717) is 13.0 Å². The lowest BCUT2D eigenvalue weighted by atomic mass is 10.1. The number of aliphatic hydroxyl groups excluding tert-OH is 2. The molecule has 2 rings (SSSR count). The molecule has 2 atom stereocenters. The highest BCUT2D eigenvalue weighted by atomic mass is 16.3. The van der Waals surface area contributed by atoms with Crippen LogP contribution in [0, 0.1) is 0 Å². The van der Waals surface area contributed by atoms with E-state index in [0.717, 1.165) is 13.0 Å². The van der Waals surface area contributed by atoms with Crippen molar-refractivity contribution in [3.05, 3.63) is 35.9 Å². The van der Waals surface area contributed by atoms with Gasteiger partial charge in [0.1, 0.15) is 0 Å². The number of benzene rings is 1. The second-order valence-electron chi connectivity index (χ2n) is 5.26. The summed E-state index contributed by atoms with van der Waals surface area (Å²) in [5, 5.41) is 21.1. The van der Waals surface area contributed by atoms with E-state index in [4.69, 9.17) is 0 Å². The first-order chi connectivity index (χ1) is 10.1. The van der Waals surface area contributed by atoms with Crippen LogP contribution in [0.1, 0.15) is 18.9 Å². The van der Waals surface area contributed by atoms with Crippen LogP contribution >= 0.6 is 0 Å². The molecule has 118 valence electrons. The molecule has 5 heteroatoms. The largest absolute Gasteiger partial charge is 0.395 e. The van der Waals surface area contributed by atoms with Crippen LogP contribution in [0.5, 0.6) is 0 Å². The van der Waals surface area contributed by atoms with Crippen molar-refractivity contribution in [1.29, 1.82) is 0 Å². The third-order valence-electron chi connectivity index (χ3n) is 3.60. The number of nitrogens with zero attached hydrogens (tertiary/aromatic N) is 1. The molecule has 1 saturated heterocycles. The summed E-state index contributed by atoms with van der Waals surface area (Å²) >= 11 is 0. The number of hydrogen-bond acceptors (Lipinski definition) is 4. The zero-order valence-electron chi connectivity index (χ0n) is 12.8. The van der Waals surface area contributed by atoms with Gasteiger partial charge in [-0.1, -0.05) is 30.3 Å². The van der Waals surface area contributed by atoms with Crippen molar-refractivity contribution in [2.24, 2.45) is 0 Å². The summed E-state index contributed by atoms with van der Waals surface area (Å²) in [6.07, 6.45) is 1.41. The van der Waals surface area contributed by atoms with E-state index < -0.39 is 0 Å². The van der Waals surface area contributed by atoms with Crippen LogP contribution in [0.25, 0.3) is 0 Å². The van der Waals surface area contributed by atoms with E-state index >= 15 is 0 Å². The lowest BCUT2D eigenvalue weighted by molar-refractivity contribution is -0.118. The normalized spacial score (nSPS) is 21.5. The van der Waals surface area contributed by atoms with Crippen molar-refractivity contribution in [3.63, 3.8) is 0 Å². The van der Waals surface area contributed by atoms with Crippen molar-refractivity contribution in [1.82, 2.24) is 10.2 Å². The number of carbonyl (C=O) groups excluding carboxylic acids is 1. The standard InChI is InChI=1S/C13H19NO2.C3H7NO/c15-10-12-8-13(16)9-14(12)7-6-11-4-2-1-3-5-11;1-3(5)4-2/h1-5,12-13,15-16H,6-10H2;1-2H3,(H,4,5). The Morgan fingerprint density at radius 1 is 1.38 bits per heavy atom. The molecule has 3 N–H and O–H groups in total. The molecule has 1 aliphatic heterocycles. The van der Waals surface area contributed by atoms with Crippen LogP contribution < -0.4 is 5.32 Å². The molecule has 1 aliphatic rings. The minimum Gasteiger partial charge on any atom is -0.395 e. The monoisotopic (exact) mass is 294 g/mol. The van der Waals surface area contributed by atoms with E-state index in [1.54, 1.807) is 7.05 Å². The molecule has 1 aromatic carbocycles. The molecule has 0 radical (unpaired) electrons. The van der Waals surface area contributed by atoms with Crippen LogP contribution in [0.2, 0.25) is 0 Å². The molecule has 1 aromatic rings. The maximum Gasteiger partial charge on any atom is 0.216 e. The number of β-amino-alcohol motifs (C(OH)–C–C–N with tert-alkyl or cyclic N) is 1. The van der Waals surface area contributed by atoms with Crippen molar-refractivity contribution in [2.75, 3.05) is 26.7 Å². The molecule has 1 amide bonds. The van der Waals surface area contributed by atoms with Gasteiger partial charge < -0.3 is 15.5 Å². The van der Waals surface area contributed by atoms with Gasteiger partial charge in [-0.2, -0.15) is 0 Å². The highest BCUT2D eigenvalue weighted by molar-refractivity contribution is 5.72. The molecule has 0 spiro atoms. The second kappa shape index (κ2) is 9.50. The highest BCUT2D eigenvalue weighted by Gasteiger charge is 2.29. The first-order valence-electron chi connectivity index (χ1n) is 7.32. The van der Waals surface area contributed by atoms with Gasteiger partial charge in [-0.15, -0.1) is 0 Å². The van der Waals surface area contributed by atoms with Gasteiger partial charge in [-0.25, -0.2) is 0 Å². The van der Waals surface area contributed by atoms with Gasteiger partial charge in [-0.3, -0.25) is 9.69 Å². The summed E-state index contributed by atoms with van der Waals surface area (Å²) in [5.74, 6) is 0.00463. The van der Waals surface area contributed by atoms with Crippen molar-refractivity contribution in [3.8, 4) is 0 Å². The van der Waals surface area contributed by atoms with Gasteiger partial charge >= 0.3 is 0 Å². The Hall–Kier alpha value is -1.43. The van der Waals surface area contributed by atoms with E-state index in [1.807, 2.05) is 18.2 Å². The molecule has 5 nitrogen and oxygen atoms in total. The van der Waals surface area contributed by atoms with Gasteiger partial charge in [0.25, 0.3) is 0 Å². The van der Waals surface area contributed by atoms with Gasteiger partial charge in [0.15, 0.2) is 0 Å². The summed E-state index contributed by atoms with van der Waals surface area (Å²) in [5.41, 5.74) is 1.31. The lowest BCUT2D eigenvalue weighted by Crippen LogP contribution is -2.34. The number of likely N-dealkylation sites (tertiary alicyclic amines) is 1. The van der Waals surface area contributed by atoms with Crippen LogP contribution in [0.4, 0.5) is 0 Å². The number of aliphatic hydroxyl groups is 2. The van der Waals surface area contributed by atoms with E-state index in [9.17, 15) is 15.0 Å². The SMILES string of the molecule is CNC(C)=O.OCC1CC(O)CN1CCc1ccccc1. The van der Waals surface area contributed by atoms with Crippen LogP contribution in [0.15, 0.2) is 30.3 Å². The number of nitrogens with one attached hydrogen (secondary N) is 1. The predicted molar refractivity (Wildman–Crippen MR) is 83.0 cm³/mol. The third-order valence-corrected chi connectivity index (χ3v) is 3.60. The minimum absolute atomic E-state index is 0.00463. The fourth-order valence-electron chi connectivity index (χ4n) is 2.34. The molecule has 0 saturated carbocycles. The molecular weight excluding hydrogens is 268 g/mol. The van der Waals surface area contributed by atoms with Crippen molar-refractivity contribution >= 4 is 5.91 Å². The summed E-state index contributed by atoms with van der Waals surface area (Å²) < 4.78 is 0. The highest BCUT2D eigenvalue weighted by Crippen LogP contribution is 2.17. The Balaban J connectivity index is 0.000000383. The quantitative estimate of drug-likeness (QED) is 0.752. The van der Waals surface area contributed by atoms with Gasteiger partial charge in [-0.05, 0) is 18.4 Å². The molecular formula is C16H26N2O3. The first kappa shape index (κ1) is 17.6. The average Bonchev–Trinajstić information content (AvgIpc) is 2.87. The van der Waals surface area contributed by atoms with E-state index in [-0.39, 0.29) is 24.7 Å². The van der Waals surface area contributed by atoms with Crippen LogP contribution in [0.3, 0.4) is 0 Å². The van der Waals surface area contributed by atoms with Crippen molar-refractivity contribution < 1.29 is 15.0 Å². The molecule has 21 heavy (non-hydrogen) atoms. The van der Waals surface area contributed by atoms with Gasteiger partial charge in [0.2, 0.25) is 5.91 Å². The zero-order valence-corrected chi connectivity index (χ0v) is 12.8. The first-order valence-corrected chi connectivity index (χ1v) is 7.32. The molecule has 1 fully saturated rings. The molecule has 0 bridgehead atoms. The van der Waals surface area contributed by atoms with Gasteiger partial charge in [0.05, 0.1) is 12.7 Å². The van der Waals surface area contributed by atoms with Crippen LogP contribution in [-0.4, -0.2) is 59.9 Å². The van der Waals surface area contributed by atoms with Crippen LogP contribution in [-0.2, 0) is 11.2 Å². The molecule has 1 heterocycles. The van der Waals surface area contributed by atoms with E-state index in [2.05, 4.69) is 22.3 Å². The Morgan fingerprint density at radius 3 is 2.52 bits per heavy atom. The summed E-state index contributed by atoms with van der Waals surface area (Å²) in [4.78, 5) is 11.9. The summed E-state index contributed by atoms with van der Waals surface area (Å²) in [7, 11) is 1.60. The predicted octanol–water partition coefficient (Wildman–Crippen LogP) is 0.409. The number of hydrogen-bond donors (Lipinski definition) is 3. The van der Waals surface area contributed by atoms with Crippen molar-refractivity contribution in [2.45, 2.75) is 31.9 Å². The Kier molecular flexibility index (Phi) is 7.97. The fraction of sp³-hybridized carbons (Fsp3) is 0.562. The summed E-state index contributed by atoms with van der Waals surface area (Å²) in [6, 6.07) is 10.5. The molecule has 2 unspecified atom stereocenters. The number of rotatable bonds is 4. The molecule has 0 aromatic heterocycles. The number of amides is 1. The topological polar surface area (TPSA) is 72.8 Å². The molecule has 0 aliphatic carbocycles. The Labute approximate surface area is 126 Å². The minimum atomic E-state index is -0.270. The second-order valence-corrected chi connectivity index (χ2v) is 5.26. The zero-order chi connectivity index (χ0) is 15.7. The Bertz CT molecular complexity index is 411. The maximum absolute atomic E-state index is 9.70. The fourth-order valence-corrected chi connectivity index (χ4v) is 2.34. The number of carbonyl (C=O) groups is 1.